The zero-order chi connectivity index (χ0) is 14.0. The average molecular weight is 277 g/mol. The molecule has 2 aromatic carbocycles. The topological polar surface area (TPSA) is 57.6 Å². The number of phenols is 1. The molecule has 100 valence electrons. The first-order valence-corrected chi connectivity index (χ1v) is 7.20. The van der Waals surface area contributed by atoms with E-state index < -0.39 is 10.0 Å². The number of hydrogen-bond acceptors (Lipinski definition) is 3. The monoisotopic (exact) mass is 277 g/mol. The molecule has 0 aliphatic rings. The number of aryl methyl sites for hydroxylation is 1. The molecule has 0 saturated carbocycles. The van der Waals surface area contributed by atoms with Gasteiger partial charge in [-0.3, -0.25) is 4.31 Å². The molecule has 0 heterocycles. The lowest BCUT2D eigenvalue weighted by molar-refractivity contribution is 0.475. The van der Waals surface area contributed by atoms with Crippen molar-refractivity contribution in [3.63, 3.8) is 0 Å². The molecule has 1 N–H and O–H groups in total. The lowest BCUT2D eigenvalue weighted by Crippen LogP contribution is -2.27. The highest BCUT2D eigenvalue weighted by Gasteiger charge is 2.22. The van der Waals surface area contributed by atoms with E-state index in [0.29, 0.717) is 11.3 Å². The molecule has 0 radical (unpaired) electrons. The van der Waals surface area contributed by atoms with Crippen molar-refractivity contribution in [1.29, 1.82) is 0 Å². The Kier molecular flexibility index (Phi) is 3.48. The van der Waals surface area contributed by atoms with Gasteiger partial charge < -0.3 is 5.11 Å². The lowest BCUT2D eigenvalue weighted by Gasteiger charge is -2.20. The molecule has 0 saturated heterocycles. The van der Waals surface area contributed by atoms with Gasteiger partial charge in [0.15, 0.2) is 0 Å². The Hall–Kier alpha value is -2.01. The van der Waals surface area contributed by atoms with Crippen LogP contribution in [0, 0.1) is 6.92 Å². The molecule has 4 nitrogen and oxygen atoms in total. The number of phenolic OH excluding ortho intramolecular Hbond substituents is 1. The van der Waals surface area contributed by atoms with Gasteiger partial charge in [-0.15, -0.1) is 0 Å². The average Bonchev–Trinajstić information content (AvgIpc) is 2.39. The highest BCUT2D eigenvalue weighted by Crippen LogP contribution is 2.25. The summed E-state index contributed by atoms with van der Waals surface area (Å²) in [6.07, 6.45) is 0. The molecule has 0 aliphatic carbocycles. The Labute approximate surface area is 113 Å². The normalized spacial score (nSPS) is 11.3. The van der Waals surface area contributed by atoms with Crippen molar-refractivity contribution in [2.45, 2.75) is 11.8 Å². The zero-order valence-electron chi connectivity index (χ0n) is 10.7. The lowest BCUT2D eigenvalue weighted by atomic mass is 10.2. The molecule has 5 heteroatoms. The molecule has 2 aromatic rings. The molecule has 2 rings (SSSR count). The van der Waals surface area contributed by atoms with Gasteiger partial charge in [0.2, 0.25) is 0 Å². The van der Waals surface area contributed by atoms with E-state index in [0.717, 1.165) is 0 Å². The van der Waals surface area contributed by atoms with Crippen LogP contribution in [0.3, 0.4) is 0 Å². The quantitative estimate of drug-likeness (QED) is 0.938. The Balaban J connectivity index is 2.45. The third kappa shape index (κ3) is 2.56. The van der Waals surface area contributed by atoms with E-state index in [1.54, 1.807) is 43.3 Å². The number of nitrogens with zero attached hydrogens (tertiary/aromatic N) is 1. The largest absolute Gasteiger partial charge is 0.508 e. The van der Waals surface area contributed by atoms with E-state index >= 15 is 0 Å². The molecule has 0 spiro atoms. The maximum atomic E-state index is 12.5. The third-order valence-electron chi connectivity index (χ3n) is 2.95. The number of sulfonamides is 1. The summed E-state index contributed by atoms with van der Waals surface area (Å²) in [5, 5.41) is 9.23. The summed E-state index contributed by atoms with van der Waals surface area (Å²) in [7, 11) is -2.09. The van der Waals surface area contributed by atoms with Crippen LogP contribution in [0.15, 0.2) is 53.4 Å². The van der Waals surface area contributed by atoms with Gasteiger partial charge in [-0.2, -0.15) is 0 Å². The zero-order valence-corrected chi connectivity index (χ0v) is 11.6. The van der Waals surface area contributed by atoms with Gasteiger partial charge in [0.05, 0.1) is 10.6 Å². The smallest absolute Gasteiger partial charge is 0.264 e. The Bertz CT molecular complexity index is 678. The molecule has 0 atom stereocenters. The fourth-order valence-corrected chi connectivity index (χ4v) is 3.21. The second-order valence-corrected chi connectivity index (χ2v) is 6.19. The van der Waals surface area contributed by atoms with Crippen LogP contribution in [0.4, 0.5) is 5.69 Å². The predicted octanol–water partition coefficient (Wildman–Crippen LogP) is 2.53. The predicted molar refractivity (Wildman–Crippen MR) is 74.9 cm³/mol. The van der Waals surface area contributed by atoms with Crippen molar-refractivity contribution in [3.8, 4) is 5.75 Å². The van der Waals surface area contributed by atoms with Gasteiger partial charge >= 0.3 is 0 Å². The molecule has 0 unspecified atom stereocenters. The second kappa shape index (κ2) is 4.93. The summed E-state index contributed by atoms with van der Waals surface area (Å²) in [6.45, 7) is 1.76. The van der Waals surface area contributed by atoms with Crippen molar-refractivity contribution in [2.24, 2.45) is 0 Å². The summed E-state index contributed by atoms with van der Waals surface area (Å²) in [4.78, 5) is 0.283. The van der Waals surface area contributed by atoms with Gasteiger partial charge in [0.1, 0.15) is 5.75 Å². The summed E-state index contributed by atoms with van der Waals surface area (Å²) in [5.74, 6) is 0.102. The van der Waals surface area contributed by atoms with Gasteiger partial charge in [-0.1, -0.05) is 18.2 Å². The van der Waals surface area contributed by atoms with Crippen molar-refractivity contribution in [1.82, 2.24) is 0 Å². The number of benzene rings is 2. The fourth-order valence-electron chi connectivity index (χ4n) is 1.79. The Morgan fingerprint density at radius 1 is 1.00 bits per heavy atom. The van der Waals surface area contributed by atoms with Crippen LogP contribution in [-0.4, -0.2) is 20.6 Å². The highest BCUT2D eigenvalue weighted by atomic mass is 32.2. The third-order valence-corrected chi connectivity index (χ3v) is 4.89. The molecule has 19 heavy (non-hydrogen) atoms. The van der Waals surface area contributed by atoms with Crippen molar-refractivity contribution < 1.29 is 13.5 Å². The minimum absolute atomic E-state index is 0.102. The van der Waals surface area contributed by atoms with E-state index in [1.807, 2.05) is 0 Å². The summed E-state index contributed by atoms with van der Waals surface area (Å²) >= 11 is 0. The summed E-state index contributed by atoms with van der Waals surface area (Å²) < 4.78 is 26.2. The minimum atomic E-state index is -3.58. The molecule has 0 fully saturated rings. The number of anilines is 1. The van der Waals surface area contributed by atoms with E-state index in [2.05, 4.69) is 0 Å². The number of rotatable bonds is 3. The maximum absolute atomic E-state index is 12.5. The second-order valence-electron chi connectivity index (χ2n) is 4.25. The van der Waals surface area contributed by atoms with Crippen LogP contribution < -0.4 is 4.31 Å². The number of hydrogen-bond donors (Lipinski definition) is 1. The first-order valence-electron chi connectivity index (χ1n) is 5.76. The molecular weight excluding hydrogens is 262 g/mol. The first-order chi connectivity index (χ1) is 8.93. The summed E-state index contributed by atoms with van der Waals surface area (Å²) in [5.41, 5.74) is 1.20. The van der Waals surface area contributed by atoms with Crippen LogP contribution in [0.2, 0.25) is 0 Å². The Morgan fingerprint density at radius 2 is 1.58 bits per heavy atom. The highest BCUT2D eigenvalue weighted by molar-refractivity contribution is 7.92. The van der Waals surface area contributed by atoms with Crippen LogP contribution >= 0.6 is 0 Å². The van der Waals surface area contributed by atoms with Crippen LogP contribution in [0.1, 0.15) is 5.56 Å². The standard InChI is InChI=1S/C14H15NO3S/c1-11-5-3-4-6-14(11)19(17,18)15(2)12-7-9-13(16)10-8-12/h3-10,16H,1-2H3. The molecule has 0 aromatic heterocycles. The first kappa shape index (κ1) is 13.4. The van der Waals surface area contributed by atoms with Gasteiger partial charge in [-0.25, -0.2) is 8.42 Å². The van der Waals surface area contributed by atoms with Crippen molar-refractivity contribution >= 4 is 15.7 Å². The van der Waals surface area contributed by atoms with E-state index in [1.165, 1.54) is 23.5 Å². The van der Waals surface area contributed by atoms with E-state index in [-0.39, 0.29) is 10.6 Å². The Morgan fingerprint density at radius 3 is 2.16 bits per heavy atom. The van der Waals surface area contributed by atoms with Crippen LogP contribution in [-0.2, 0) is 10.0 Å². The molecule has 0 amide bonds. The van der Waals surface area contributed by atoms with Crippen molar-refractivity contribution in [3.05, 3.63) is 54.1 Å². The molecular formula is C14H15NO3S. The van der Waals surface area contributed by atoms with E-state index in [9.17, 15) is 13.5 Å². The van der Waals surface area contributed by atoms with Gasteiger partial charge in [0.25, 0.3) is 10.0 Å². The minimum Gasteiger partial charge on any atom is -0.508 e. The molecule has 0 bridgehead atoms. The summed E-state index contributed by atoms with van der Waals surface area (Å²) in [6, 6.07) is 12.9. The maximum Gasteiger partial charge on any atom is 0.264 e. The number of aromatic hydroxyl groups is 1. The fraction of sp³-hybridized carbons (Fsp3) is 0.143. The van der Waals surface area contributed by atoms with Gasteiger partial charge in [0, 0.05) is 7.05 Å². The SMILES string of the molecule is Cc1ccccc1S(=O)(=O)N(C)c1ccc(O)cc1. The van der Waals surface area contributed by atoms with Gasteiger partial charge in [-0.05, 0) is 42.8 Å². The molecule has 0 aliphatic heterocycles. The van der Waals surface area contributed by atoms with E-state index in [4.69, 9.17) is 0 Å². The van der Waals surface area contributed by atoms with Crippen LogP contribution in [0.5, 0.6) is 5.75 Å². The van der Waals surface area contributed by atoms with Crippen LogP contribution in [0.25, 0.3) is 0 Å². The van der Waals surface area contributed by atoms with Crippen molar-refractivity contribution in [2.75, 3.05) is 11.4 Å².